The molecule has 0 aliphatic carbocycles. The van der Waals surface area contributed by atoms with Gasteiger partial charge in [0.1, 0.15) is 5.75 Å². The van der Waals surface area contributed by atoms with E-state index in [-0.39, 0.29) is 11.8 Å². The molecule has 2 N–H and O–H groups in total. The summed E-state index contributed by atoms with van der Waals surface area (Å²) in [4.78, 5) is 26.5. The Labute approximate surface area is 469 Å². The fraction of sp³-hybridized carbons (Fsp3) is 0.886. The molecule has 440 valence electrons. The van der Waals surface area contributed by atoms with Crippen molar-refractivity contribution in [3.8, 4) is 5.75 Å². The van der Waals surface area contributed by atoms with Crippen LogP contribution in [0.25, 0.3) is 0 Å². The quantitative estimate of drug-likeness (QED) is 0.0639. The second-order valence-corrected chi connectivity index (χ2v) is 23.8. The molecule has 0 bridgehead atoms. The minimum atomic E-state index is -0.101. The van der Waals surface area contributed by atoms with Crippen molar-refractivity contribution in [1.29, 1.82) is 0 Å². The highest BCUT2D eigenvalue weighted by Gasteiger charge is 2.16. The van der Waals surface area contributed by atoms with Gasteiger partial charge in [-0.15, -0.1) is 0 Å². The third-order valence-electron chi connectivity index (χ3n) is 16.4. The van der Waals surface area contributed by atoms with E-state index < -0.39 is 0 Å². The van der Waals surface area contributed by atoms with Crippen LogP contribution in [0.15, 0.2) is 18.2 Å². The van der Waals surface area contributed by atoms with Gasteiger partial charge in [0.05, 0.1) is 12.2 Å². The van der Waals surface area contributed by atoms with Crippen LogP contribution in [-0.2, 0) is 0 Å². The van der Waals surface area contributed by atoms with Gasteiger partial charge in [-0.1, -0.05) is 361 Å². The molecule has 0 radical (unpaired) electrons. The summed E-state index contributed by atoms with van der Waals surface area (Å²) in [6, 6.07) is 5.36. The van der Waals surface area contributed by atoms with E-state index in [0.29, 0.717) is 36.6 Å². The summed E-state index contributed by atoms with van der Waals surface area (Å²) in [6.45, 7) is 8.74. The Morgan fingerprint density at radius 2 is 0.520 bits per heavy atom. The third-order valence-corrected chi connectivity index (χ3v) is 16.4. The fourth-order valence-corrected chi connectivity index (χ4v) is 11.2. The molecule has 0 aliphatic rings. The van der Waals surface area contributed by atoms with Crippen molar-refractivity contribution in [2.45, 2.75) is 380 Å². The summed E-state index contributed by atoms with van der Waals surface area (Å²) in [7, 11) is 0. The Bertz CT molecular complexity index is 1310. The molecule has 5 heteroatoms. The number of rotatable bonds is 62. The summed E-state index contributed by atoms with van der Waals surface area (Å²) >= 11 is 0. The molecule has 0 aromatic heterocycles. The highest BCUT2D eigenvalue weighted by atomic mass is 16.5. The topological polar surface area (TPSA) is 67.4 Å². The zero-order valence-corrected chi connectivity index (χ0v) is 51.2. The molecule has 5 nitrogen and oxygen atoms in total. The van der Waals surface area contributed by atoms with Crippen LogP contribution in [0.5, 0.6) is 5.75 Å². The molecule has 0 aliphatic heterocycles. The molecule has 1 aromatic carbocycles. The van der Waals surface area contributed by atoms with Crippen LogP contribution < -0.4 is 15.4 Å². The van der Waals surface area contributed by atoms with Gasteiger partial charge in [0.25, 0.3) is 11.8 Å². The maximum absolute atomic E-state index is 13.3. The van der Waals surface area contributed by atoms with Crippen LogP contribution >= 0.6 is 0 Å². The van der Waals surface area contributed by atoms with Gasteiger partial charge in [0, 0.05) is 18.7 Å². The third kappa shape index (κ3) is 50.0. The highest BCUT2D eigenvalue weighted by Crippen LogP contribution is 2.23. The van der Waals surface area contributed by atoms with Crippen molar-refractivity contribution < 1.29 is 14.3 Å². The number of unbranched alkanes of at least 4 members (excludes halogenated alkanes) is 53. The zero-order chi connectivity index (χ0) is 53.8. The van der Waals surface area contributed by atoms with Crippen LogP contribution in [0.3, 0.4) is 0 Å². The van der Waals surface area contributed by atoms with E-state index in [9.17, 15) is 9.59 Å². The summed E-state index contributed by atoms with van der Waals surface area (Å²) in [6.07, 6.45) is 76.8. The lowest BCUT2D eigenvalue weighted by atomic mass is 10.0. The van der Waals surface area contributed by atoms with Crippen molar-refractivity contribution in [1.82, 2.24) is 10.6 Å². The van der Waals surface area contributed by atoms with Gasteiger partial charge < -0.3 is 15.4 Å². The first-order valence-corrected chi connectivity index (χ1v) is 34.5. The van der Waals surface area contributed by atoms with Gasteiger partial charge in [-0.05, 0) is 37.5 Å². The van der Waals surface area contributed by atoms with E-state index in [1.165, 1.54) is 321 Å². The normalized spacial score (nSPS) is 11.5. The minimum Gasteiger partial charge on any atom is -0.493 e. The minimum absolute atomic E-state index is 0.0806. The molecule has 0 spiro atoms. The second kappa shape index (κ2) is 59.6. The first-order chi connectivity index (χ1) is 37.1. The number of carbonyl (C=O) groups is 2. The monoisotopic (exact) mass is 1050 g/mol. The summed E-state index contributed by atoms with van der Waals surface area (Å²) < 4.78 is 6.18. The maximum atomic E-state index is 13.3. The average molecular weight is 1050 g/mol. The molecule has 0 saturated heterocycles. The molecule has 0 atom stereocenters. The van der Waals surface area contributed by atoms with Crippen molar-refractivity contribution in [2.75, 3.05) is 19.7 Å². The van der Waals surface area contributed by atoms with Gasteiger partial charge in [-0.2, -0.15) is 0 Å². The number of hydrogen-bond acceptors (Lipinski definition) is 3. The lowest BCUT2D eigenvalue weighted by molar-refractivity contribution is 0.0937. The average Bonchev–Trinajstić information content (AvgIpc) is 3.42. The molecule has 75 heavy (non-hydrogen) atoms. The van der Waals surface area contributed by atoms with Gasteiger partial charge in [-0.3, -0.25) is 9.59 Å². The van der Waals surface area contributed by atoms with Gasteiger partial charge in [0.15, 0.2) is 0 Å². The summed E-state index contributed by atoms with van der Waals surface area (Å²) in [5.74, 6) is 0.348. The van der Waals surface area contributed by atoms with E-state index in [4.69, 9.17) is 4.74 Å². The van der Waals surface area contributed by atoms with Gasteiger partial charge in [-0.25, -0.2) is 0 Å². The molecule has 0 fully saturated rings. The van der Waals surface area contributed by atoms with E-state index in [2.05, 4.69) is 31.4 Å². The van der Waals surface area contributed by atoms with Gasteiger partial charge in [0.2, 0.25) is 0 Å². The van der Waals surface area contributed by atoms with Crippen molar-refractivity contribution >= 4 is 11.8 Å². The van der Waals surface area contributed by atoms with Crippen molar-refractivity contribution in [3.05, 3.63) is 29.3 Å². The van der Waals surface area contributed by atoms with E-state index >= 15 is 0 Å². The molecule has 0 saturated carbocycles. The van der Waals surface area contributed by atoms with Gasteiger partial charge >= 0.3 is 0 Å². The SMILES string of the molecule is CCCCCCCCCCCCCCCCCCCCCCCCCCCCNC(=O)c1ccc(C(=O)NCCCCCCCCCCCCCCCCCCCCCCCCCCCC)c(OCCCCCC)c1. The van der Waals surface area contributed by atoms with Crippen LogP contribution in [0.2, 0.25) is 0 Å². The predicted octanol–water partition coefficient (Wildman–Crippen LogP) is 23.4. The molecule has 1 aromatic rings. The number of nitrogens with one attached hydrogen (secondary N) is 2. The summed E-state index contributed by atoms with van der Waals surface area (Å²) in [5.41, 5.74) is 1.10. The van der Waals surface area contributed by atoms with E-state index in [1.54, 1.807) is 18.2 Å². The van der Waals surface area contributed by atoms with Crippen LogP contribution in [0.4, 0.5) is 0 Å². The smallest absolute Gasteiger partial charge is 0.255 e. The Hall–Kier alpha value is -2.04. The zero-order valence-electron chi connectivity index (χ0n) is 51.2. The van der Waals surface area contributed by atoms with E-state index in [0.717, 1.165) is 38.5 Å². The van der Waals surface area contributed by atoms with Crippen LogP contribution in [-0.4, -0.2) is 31.5 Å². The number of amides is 2. The van der Waals surface area contributed by atoms with Crippen molar-refractivity contribution in [2.24, 2.45) is 0 Å². The highest BCUT2D eigenvalue weighted by molar-refractivity contribution is 6.00. The van der Waals surface area contributed by atoms with Crippen LogP contribution in [0, 0.1) is 0 Å². The standard InChI is InChI=1S/C70H132N2O3/c1-4-7-10-13-15-17-19-21-23-25-27-29-31-33-35-37-39-41-43-45-47-49-51-53-55-57-62-71-69(73)66-60-61-67(68(65-66)75-64-59-12-9-6-3)70(74)72-63-58-56-54-52-50-48-46-44-42-40-38-36-34-32-30-28-26-24-22-20-18-16-14-11-8-5-2/h60-61,65H,4-59,62-64H2,1-3H3,(H,71,73)(H,72,74). The largest absolute Gasteiger partial charge is 0.493 e. The van der Waals surface area contributed by atoms with E-state index in [1.807, 2.05) is 0 Å². The fourth-order valence-electron chi connectivity index (χ4n) is 11.2. The molecular weight excluding hydrogens is 917 g/mol. The first kappa shape index (κ1) is 71.0. The number of hydrogen-bond donors (Lipinski definition) is 2. The number of carbonyl (C=O) groups excluding carboxylic acids is 2. The Balaban J connectivity index is 2.05. The first-order valence-electron chi connectivity index (χ1n) is 34.5. The predicted molar refractivity (Wildman–Crippen MR) is 332 cm³/mol. The Morgan fingerprint density at radius 1 is 0.293 bits per heavy atom. The molecular formula is C70H132N2O3. The molecule has 0 heterocycles. The Morgan fingerprint density at radius 3 is 0.787 bits per heavy atom. The molecule has 0 unspecified atom stereocenters. The molecule has 1 rings (SSSR count). The Kier molecular flexibility index (Phi) is 56.4. The second-order valence-electron chi connectivity index (χ2n) is 23.8. The lowest BCUT2D eigenvalue weighted by Gasteiger charge is -2.14. The van der Waals surface area contributed by atoms with Crippen molar-refractivity contribution in [3.63, 3.8) is 0 Å². The van der Waals surface area contributed by atoms with Crippen LogP contribution in [0.1, 0.15) is 401 Å². The lowest BCUT2D eigenvalue weighted by Crippen LogP contribution is -2.26. The number of ether oxygens (including phenoxy) is 1. The number of benzene rings is 1. The molecule has 2 amide bonds. The summed E-state index contributed by atoms with van der Waals surface area (Å²) in [5, 5.41) is 6.27. The maximum Gasteiger partial charge on any atom is 0.255 e.